The molecule has 2 heterocycles. The van der Waals surface area contributed by atoms with Crippen molar-refractivity contribution in [2.75, 3.05) is 19.0 Å². The molecule has 1 aromatic carbocycles. The smallest absolute Gasteiger partial charge is 0.107 e. The Hall–Kier alpha value is -2.24. The Morgan fingerprint density at radius 1 is 1.04 bits per heavy atom. The molecule has 2 aromatic heterocycles. The third-order valence-electron chi connectivity index (χ3n) is 3.55. The fourth-order valence-electron chi connectivity index (χ4n) is 2.27. The van der Waals surface area contributed by atoms with E-state index < -0.39 is 0 Å². The number of pyridine rings is 1. The topological polar surface area (TPSA) is 41.1 Å². The minimum absolute atomic E-state index is 0.773. The first-order valence-electron chi connectivity index (χ1n) is 7.54. The van der Waals surface area contributed by atoms with E-state index in [1.165, 1.54) is 21.7 Å². The summed E-state index contributed by atoms with van der Waals surface area (Å²) in [5, 5.41) is 4.51. The number of hydrogen-bond donors (Lipinski definition) is 1. The molecular weight excluding hydrogens is 304 g/mol. The maximum absolute atomic E-state index is 4.51. The lowest BCUT2D eigenvalue weighted by Gasteiger charge is -2.12. The van der Waals surface area contributed by atoms with Crippen LogP contribution >= 0.6 is 11.3 Å². The molecule has 118 valence electrons. The lowest BCUT2D eigenvalue weighted by molar-refractivity contribution is 0.688. The largest absolute Gasteiger partial charge is 0.378 e. The highest BCUT2D eigenvalue weighted by molar-refractivity contribution is 7.15. The molecule has 5 heteroatoms. The van der Waals surface area contributed by atoms with Crippen molar-refractivity contribution in [2.24, 2.45) is 0 Å². The monoisotopic (exact) mass is 324 g/mol. The minimum atomic E-state index is 0.773. The van der Waals surface area contributed by atoms with Crippen LogP contribution in [-0.2, 0) is 13.1 Å². The molecule has 1 N–H and O–H groups in total. The predicted molar refractivity (Wildman–Crippen MR) is 96.7 cm³/mol. The van der Waals surface area contributed by atoms with E-state index in [-0.39, 0.29) is 0 Å². The Morgan fingerprint density at radius 3 is 2.57 bits per heavy atom. The second kappa shape index (κ2) is 7.35. The van der Waals surface area contributed by atoms with Crippen molar-refractivity contribution in [1.29, 1.82) is 0 Å². The van der Waals surface area contributed by atoms with Crippen molar-refractivity contribution in [3.8, 4) is 10.4 Å². The summed E-state index contributed by atoms with van der Waals surface area (Å²) in [6.07, 6.45) is 5.63. The van der Waals surface area contributed by atoms with Gasteiger partial charge in [-0.2, -0.15) is 0 Å². The Bertz CT molecular complexity index is 735. The van der Waals surface area contributed by atoms with Gasteiger partial charge in [-0.05, 0) is 29.3 Å². The van der Waals surface area contributed by atoms with Gasteiger partial charge in [-0.3, -0.25) is 4.98 Å². The van der Waals surface area contributed by atoms with E-state index in [1.54, 1.807) is 17.5 Å². The first kappa shape index (κ1) is 15.6. The maximum atomic E-state index is 4.51. The molecule has 0 amide bonds. The summed E-state index contributed by atoms with van der Waals surface area (Å²) in [7, 11) is 4.10. The van der Waals surface area contributed by atoms with Gasteiger partial charge in [0, 0.05) is 51.5 Å². The van der Waals surface area contributed by atoms with E-state index >= 15 is 0 Å². The molecule has 0 saturated carbocycles. The molecule has 0 unspecified atom stereocenters. The molecule has 0 aliphatic heterocycles. The lowest BCUT2D eigenvalue weighted by atomic mass is 10.2. The number of aromatic nitrogens is 2. The van der Waals surface area contributed by atoms with E-state index in [0.29, 0.717) is 0 Å². The van der Waals surface area contributed by atoms with Crippen LogP contribution in [0.2, 0.25) is 0 Å². The van der Waals surface area contributed by atoms with Crippen LogP contribution in [0.5, 0.6) is 0 Å². The van der Waals surface area contributed by atoms with Gasteiger partial charge in [0.2, 0.25) is 0 Å². The molecule has 0 aliphatic carbocycles. The standard InChI is InChI=1S/C18H20N4S/c1-22(2)16-7-5-15(6-8-16)17-12-21-18(23-17)13-20-11-14-4-3-9-19-10-14/h3-10,12,20H,11,13H2,1-2H3. The number of benzene rings is 1. The molecule has 0 radical (unpaired) electrons. The highest BCUT2D eigenvalue weighted by atomic mass is 32.1. The predicted octanol–water partition coefficient (Wildman–Crippen LogP) is 3.56. The summed E-state index contributed by atoms with van der Waals surface area (Å²) in [5.41, 5.74) is 3.60. The lowest BCUT2D eigenvalue weighted by Crippen LogP contribution is -2.12. The van der Waals surface area contributed by atoms with Gasteiger partial charge in [0.05, 0.1) is 4.88 Å². The molecule has 0 atom stereocenters. The molecule has 0 spiro atoms. The third kappa shape index (κ3) is 4.15. The number of thiazole rings is 1. The number of nitrogens with zero attached hydrogens (tertiary/aromatic N) is 3. The number of rotatable bonds is 6. The molecule has 0 fully saturated rings. The van der Waals surface area contributed by atoms with E-state index in [2.05, 4.69) is 50.5 Å². The normalized spacial score (nSPS) is 10.7. The van der Waals surface area contributed by atoms with Gasteiger partial charge < -0.3 is 10.2 Å². The molecular formula is C18H20N4S. The average molecular weight is 324 g/mol. The van der Waals surface area contributed by atoms with Crippen molar-refractivity contribution in [1.82, 2.24) is 15.3 Å². The Labute approximate surface area is 140 Å². The van der Waals surface area contributed by atoms with E-state index in [1.807, 2.05) is 32.6 Å². The highest BCUT2D eigenvalue weighted by Crippen LogP contribution is 2.27. The van der Waals surface area contributed by atoms with Crippen LogP contribution in [0.15, 0.2) is 55.0 Å². The molecule has 0 aliphatic rings. The zero-order valence-electron chi connectivity index (χ0n) is 13.4. The highest BCUT2D eigenvalue weighted by Gasteiger charge is 2.05. The zero-order chi connectivity index (χ0) is 16.1. The van der Waals surface area contributed by atoms with Crippen LogP contribution in [0, 0.1) is 0 Å². The first-order valence-corrected chi connectivity index (χ1v) is 8.36. The molecule has 0 saturated heterocycles. The van der Waals surface area contributed by atoms with Crippen molar-refractivity contribution >= 4 is 17.0 Å². The molecule has 0 bridgehead atoms. The van der Waals surface area contributed by atoms with Gasteiger partial charge in [0.25, 0.3) is 0 Å². The van der Waals surface area contributed by atoms with Gasteiger partial charge in [-0.15, -0.1) is 11.3 Å². The summed E-state index contributed by atoms with van der Waals surface area (Å²) in [5.74, 6) is 0. The summed E-state index contributed by atoms with van der Waals surface area (Å²) in [6, 6.07) is 12.6. The summed E-state index contributed by atoms with van der Waals surface area (Å²) in [4.78, 5) is 11.9. The van der Waals surface area contributed by atoms with Gasteiger partial charge in [0.15, 0.2) is 0 Å². The molecule has 23 heavy (non-hydrogen) atoms. The Balaban J connectivity index is 1.59. The van der Waals surface area contributed by atoms with Crippen molar-refractivity contribution in [3.63, 3.8) is 0 Å². The van der Waals surface area contributed by atoms with Crippen LogP contribution < -0.4 is 10.2 Å². The fraction of sp³-hybridized carbons (Fsp3) is 0.222. The fourth-order valence-corrected chi connectivity index (χ4v) is 3.16. The second-order valence-corrected chi connectivity index (χ2v) is 6.64. The van der Waals surface area contributed by atoms with Gasteiger partial charge >= 0.3 is 0 Å². The number of hydrogen-bond acceptors (Lipinski definition) is 5. The Kier molecular flexibility index (Phi) is 5.00. The summed E-state index contributed by atoms with van der Waals surface area (Å²) < 4.78 is 0. The van der Waals surface area contributed by atoms with Gasteiger partial charge in [-0.25, -0.2) is 4.98 Å². The summed E-state index contributed by atoms with van der Waals surface area (Å²) >= 11 is 1.73. The van der Waals surface area contributed by atoms with Crippen LogP contribution in [-0.4, -0.2) is 24.1 Å². The van der Waals surface area contributed by atoms with Crippen LogP contribution in [0.4, 0.5) is 5.69 Å². The van der Waals surface area contributed by atoms with Crippen molar-refractivity contribution in [2.45, 2.75) is 13.1 Å². The summed E-state index contributed by atoms with van der Waals surface area (Å²) in [6.45, 7) is 1.58. The number of anilines is 1. The van der Waals surface area contributed by atoms with Crippen molar-refractivity contribution in [3.05, 3.63) is 65.6 Å². The number of nitrogens with one attached hydrogen (secondary N) is 1. The molecule has 3 rings (SSSR count). The van der Waals surface area contributed by atoms with Crippen LogP contribution in [0.25, 0.3) is 10.4 Å². The third-order valence-corrected chi connectivity index (χ3v) is 4.60. The maximum Gasteiger partial charge on any atom is 0.107 e. The SMILES string of the molecule is CN(C)c1ccc(-c2cnc(CNCc3cccnc3)s2)cc1. The zero-order valence-corrected chi connectivity index (χ0v) is 14.2. The van der Waals surface area contributed by atoms with E-state index in [4.69, 9.17) is 0 Å². The molecule has 4 nitrogen and oxygen atoms in total. The van der Waals surface area contributed by atoms with E-state index in [0.717, 1.165) is 18.1 Å². The van der Waals surface area contributed by atoms with Crippen LogP contribution in [0.3, 0.4) is 0 Å². The van der Waals surface area contributed by atoms with Crippen molar-refractivity contribution < 1.29 is 0 Å². The second-order valence-electron chi connectivity index (χ2n) is 5.52. The first-order chi connectivity index (χ1) is 11.2. The van der Waals surface area contributed by atoms with Crippen LogP contribution in [0.1, 0.15) is 10.6 Å². The Morgan fingerprint density at radius 2 is 1.87 bits per heavy atom. The van der Waals surface area contributed by atoms with Gasteiger partial charge in [0.1, 0.15) is 5.01 Å². The van der Waals surface area contributed by atoms with E-state index in [9.17, 15) is 0 Å². The minimum Gasteiger partial charge on any atom is -0.378 e. The quantitative estimate of drug-likeness (QED) is 0.753. The van der Waals surface area contributed by atoms with Gasteiger partial charge in [-0.1, -0.05) is 18.2 Å². The average Bonchev–Trinajstić information content (AvgIpc) is 3.05. The molecule has 3 aromatic rings.